The van der Waals surface area contributed by atoms with Crippen molar-refractivity contribution in [2.24, 2.45) is 5.84 Å². The summed E-state index contributed by atoms with van der Waals surface area (Å²) < 4.78 is 13.7. The second kappa shape index (κ2) is 4.93. The number of nitrogens with one attached hydrogen (secondary N) is 1. The lowest BCUT2D eigenvalue weighted by Gasteiger charge is -2.22. The molecule has 0 atom stereocenters. The van der Waals surface area contributed by atoms with Crippen molar-refractivity contribution in [2.45, 2.75) is 25.3 Å². The Morgan fingerprint density at radius 2 is 2.41 bits per heavy atom. The first-order valence-corrected chi connectivity index (χ1v) is 5.39. The number of nitrogens with two attached hydrogens (primary N) is 1. The van der Waals surface area contributed by atoms with E-state index in [1.165, 1.54) is 0 Å². The first kappa shape index (κ1) is 11.5. The second-order valence-corrected chi connectivity index (χ2v) is 3.84. The van der Waals surface area contributed by atoms with E-state index in [0.717, 1.165) is 19.0 Å². The first-order chi connectivity index (χ1) is 8.26. The Bertz CT molecular complexity index is 439. The Balaban J connectivity index is 2.24. The van der Waals surface area contributed by atoms with Gasteiger partial charge in [-0.25, -0.2) is 15.2 Å². The molecule has 3 N–H and O–H groups in total. The third-order valence-electron chi connectivity index (χ3n) is 2.58. The van der Waals surface area contributed by atoms with Crippen LogP contribution in [0.15, 0.2) is 6.20 Å². The molecule has 0 amide bonds. The van der Waals surface area contributed by atoms with E-state index in [-0.39, 0.29) is 17.8 Å². The molecule has 1 aliphatic rings. The maximum Gasteiger partial charge on any atom is 0.239 e. The number of hydrogen-bond acceptors (Lipinski definition) is 6. The van der Waals surface area contributed by atoms with Crippen LogP contribution in [0.4, 0.5) is 16.2 Å². The minimum atomic E-state index is -0.492. The van der Waals surface area contributed by atoms with Crippen LogP contribution >= 0.6 is 0 Å². The summed E-state index contributed by atoms with van der Waals surface area (Å²) in [6.45, 7) is 0.471. The molecule has 0 unspecified atom stereocenters. The van der Waals surface area contributed by atoms with Gasteiger partial charge in [0.05, 0.1) is 18.7 Å². The van der Waals surface area contributed by atoms with Gasteiger partial charge in [-0.1, -0.05) is 0 Å². The summed E-state index contributed by atoms with van der Waals surface area (Å²) in [5, 5.41) is 8.60. The van der Waals surface area contributed by atoms with E-state index in [4.69, 9.17) is 11.1 Å². The SMILES string of the molecule is N#CCCN(c1nc(NN)ncc1F)C1CC1. The summed E-state index contributed by atoms with van der Waals surface area (Å²) in [5.74, 6) is 5.08. The van der Waals surface area contributed by atoms with E-state index in [1.54, 1.807) is 4.90 Å². The van der Waals surface area contributed by atoms with E-state index in [9.17, 15) is 4.39 Å². The van der Waals surface area contributed by atoms with E-state index in [1.807, 2.05) is 0 Å². The molecular weight excluding hydrogens is 223 g/mol. The summed E-state index contributed by atoms with van der Waals surface area (Å²) in [6.07, 6.45) is 3.42. The molecule has 0 radical (unpaired) electrons. The zero-order chi connectivity index (χ0) is 12.3. The molecule has 2 rings (SSSR count). The van der Waals surface area contributed by atoms with Crippen molar-refractivity contribution in [3.8, 4) is 6.07 Å². The zero-order valence-corrected chi connectivity index (χ0v) is 9.23. The van der Waals surface area contributed by atoms with Crippen molar-refractivity contribution >= 4 is 11.8 Å². The molecule has 0 saturated heterocycles. The molecule has 1 saturated carbocycles. The third-order valence-corrected chi connectivity index (χ3v) is 2.58. The van der Waals surface area contributed by atoms with Crippen molar-refractivity contribution < 1.29 is 4.39 Å². The quantitative estimate of drug-likeness (QED) is 0.580. The number of rotatable bonds is 5. The Morgan fingerprint density at radius 1 is 1.65 bits per heavy atom. The van der Waals surface area contributed by atoms with E-state index in [0.29, 0.717) is 13.0 Å². The molecule has 0 aliphatic heterocycles. The Labute approximate surface area is 98.2 Å². The average molecular weight is 236 g/mol. The molecule has 1 aromatic rings. The first-order valence-electron chi connectivity index (χ1n) is 5.39. The van der Waals surface area contributed by atoms with Crippen LogP contribution in [0.2, 0.25) is 0 Å². The highest BCUT2D eigenvalue weighted by molar-refractivity contribution is 5.45. The van der Waals surface area contributed by atoms with Crippen LogP contribution in [0.5, 0.6) is 0 Å². The lowest BCUT2D eigenvalue weighted by Crippen LogP contribution is -2.29. The molecule has 1 fully saturated rings. The highest BCUT2D eigenvalue weighted by Gasteiger charge is 2.31. The minimum absolute atomic E-state index is 0.170. The van der Waals surface area contributed by atoms with Gasteiger partial charge in [0.2, 0.25) is 5.95 Å². The summed E-state index contributed by atoms with van der Waals surface area (Å²) in [7, 11) is 0. The van der Waals surface area contributed by atoms with Crippen LogP contribution in [-0.2, 0) is 0 Å². The van der Waals surface area contributed by atoms with Crippen molar-refractivity contribution in [1.29, 1.82) is 5.26 Å². The van der Waals surface area contributed by atoms with E-state index < -0.39 is 5.82 Å². The Hall–Kier alpha value is -1.94. The highest BCUT2D eigenvalue weighted by Crippen LogP contribution is 2.32. The molecule has 1 heterocycles. The third kappa shape index (κ3) is 2.60. The van der Waals surface area contributed by atoms with Crippen LogP contribution in [0.3, 0.4) is 0 Å². The van der Waals surface area contributed by atoms with Gasteiger partial charge >= 0.3 is 0 Å². The standard InChI is InChI=1S/C10H13FN6/c11-8-6-14-10(16-13)15-9(8)17(5-1-4-12)7-2-3-7/h6-7H,1-3,5,13H2,(H,14,15,16). The fourth-order valence-corrected chi connectivity index (χ4v) is 1.65. The number of aromatic nitrogens is 2. The second-order valence-electron chi connectivity index (χ2n) is 3.84. The summed E-state index contributed by atoms with van der Waals surface area (Å²) in [6, 6.07) is 2.33. The largest absolute Gasteiger partial charge is 0.350 e. The topological polar surface area (TPSA) is 90.9 Å². The fraction of sp³-hybridized carbons (Fsp3) is 0.500. The molecule has 90 valence electrons. The number of nitriles is 1. The maximum absolute atomic E-state index is 13.7. The van der Waals surface area contributed by atoms with Crippen molar-refractivity contribution in [3.63, 3.8) is 0 Å². The van der Waals surface area contributed by atoms with Crippen LogP contribution < -0.4 is 16.2 Å². The van der Waals surface area contributed by atoms with Crippen LogP contribution in [0.1, 0.15) is 19.3 Å². The number of halogens is 1. The number of anilines is 2. The molecule has 0 bridgehead atoms. The van der Waals surface area contributed by atoms with Crippen molar-refractivity contribution in [3.05, 3.63) is 12.0 Å². The molecular formula is C10H13FN6. The van der Waals surface area contributed by atoms with Gasteiger partial charge in [-0.05, 0) is 12.8 Å². The molecule has 0 aromatic carbocycles. The van der Waals surface area contributed by atoms with Crippen molar-refractivity contribution in [1.82, 2.24) is 9.97 Å². The predicted molar refractivity (Wildman–Crippen MR) is 60.4 cm³/mol. The van der Waals surface area contributed by atoms with Gasteiger partial charge in [-0.2, -0.15) is 10.2 Å². The molecule has 6 nitrogen and oxygen atoms in total. The van der Waals surface area contributed by atoms with E-state index in [2.05, 4.69) is 21.5 Å². The highest BCUT2D eigenvalue weighted by atomic mass is 19.1. The summed E-state index contributed by atoms with van der Waals surface area (Å²) >= 11 is 0. The Kier molecular flexibility index (Phi) is 3.35. The molecule has 1 aliphatic carbocycles. The van der Waals surface area contributed by atoms with Crippen LogP contribution in [0.25, 0.3) is 0 Å². The smallest absolute Gasteiger partial charge is 0.239 e. The van der Waals surface area contributed by atoms with Gasteiger partial charge in [0.1, 0.15) is 0 Å². The van der Waals surface area contributed by atoms with Crippen molar-refractivity contribution in [2.75, 3.05) is 16.9 Å². The van der Waals surface area contributed by atoms with E-state index >= 15 is 0 Å². The van der Waals surface area contributed by atoms with Gasteiger partial charge < -0.3 is 4.90 Å². The van der Waals surface area contributed by atoms with Gasteiger partial charge in [0, 0.05) is 12.6 Å². The molecule has 7 heteroatoms. The summed E-state index contributed by atoms with van der Waals surface area (Å²) in [4.78, 5) is 9.49. The molecule has 17 heavy (non-hydrogen) atoms. The fourth-order valence-electron chi connectivity index (χ4n) is 1.65. The lowest BCUT2D eigenvalue weighted by atomic mass is 10.3. The molecule has 1 aromatic heterocycles. The van der Waals surface area contributed by atoms with Crippen LogP contribution in [0, 0.1) is 17.1 Å². The van der Waals surface area contributed by atoms with Gasteiger partial charge in [-0.15, -0.1) is 0 Å². The van der Waals surface area contributed by atoms with Gasteiger partial charge in [-0.3, -0.25) is 5.43 Å². The summed E-state index contributed by atoms with van der Waals surface area (Å²) in [5.41, 5.74) is 2.28. The number of nitrogen functional groups attached to an aromatic ring is 1. The van der Waals surface area contributed by atoms with Gasteiger partial charge in [0.15, 0.2) is 11.6 Å². The Morgan fingerprint density at radius 3 is 3.00 bits per heavy atom. The minimum Gasteiger partial charge on any atom is -0.350 e. The normalized spacial score (nSPS) is 14.2. The number of hydrogen-bond donors (Lipinski definition) is 2. The average Bonchev–Trinajstić information content (AvgIpc) is 3.16. The zero-order valence-electron chi connectivity index (χ0n) is 9.23. The number of nitrogens with zero attached hydrogens (tertiary/aromatic N) is 4. The maximum atomic E-state index is 13.7. The monoisotopic (exact) mass is 236 g/mol. The predicted octanol–water partition coefficient (Wildman–Crippen LogP) is 0.784. The van der Waals surface area contributed by atoms with Crippen LogP contribution in [-0.4, -0.2) is 22.6 Å². The lowest BCUT2D eigenvalue weighted by molar-refractivity contribution is 0.600. The number of hydrazine groups is 1. The molecule has 0 spiro atoms. The van der Waals surface area contributed by atoms with Gasteiger partial charge in [0.25, 0.3) is 0 Å².